The number of rotatable bonds is 16. The largest absolute Gasteiger partial charge is 0.444 e. The molecule has 0 aromatic heterocycles. The highest BCUT2D eigenvalue weighted by molar-refractivity contribution is 6.28. The van der Waals surface area contributed by atoms with Gasteiger partial charge in [0.25, 0.3) is 0 Å². The monoisotopic (exact) mass is 403 g/mol. The number of hydrogen-bond acceptors (Lipinski definition) is 3. The molecule has 1 amide bonds. The quantitative estimate of drug-likeness (QED) is 0.228. The molecule has 5 heteroatoms. The van der Waals surface area contributed by atoms with Gasteiger partial charge >= 0.3 is 6.09 Å². The number of unbranched alkanes of at least 4 members (excludes halogenated alkanes) is 11. The maximum Gasteiger partial charge on any atom is 0.408 e. The minimum Gasteiger partial charge on any atom is -0.444 e. The van der Waals surface area contributed by atoms with Crippen LogP contribution in [0.15, 0.2) is 0 Å². The zero-order chi connectivity index (χ0) is 20.5. The number of alkyl carbamates (subject to hydrolysis) is 1. The van der Waals surface area contributed by atoms with E-state index in [4.69, 9.17) is 16.3 Å². The van der Waals surface area contributed by atoms with Crippen molar-refractivity contribution in [1.82, 2.24) is 5.32 Å². The van der Waals surface area contributed by atoms with Crippen molar-refractivity contribution in [2.24, 2.45) is 0 Å². The maximum absolute atomic E-state index is 11.9. The Morgan fingerprint density at radius 2 is 1.30 bits per heavy atom. The van der Waals surface area contributed by atoms with E-state index < -0.39 is 17.7 Å². The maximum atomic E-state index is 11.9. The lowest BCUT2D eigenvalue weighted by Gasteiger charge is -2.22. The van der Waals surface area contributed by atoms with E-state index in [-0.39, 0.29) is 11.7 Å². The van der Waals surface area contributed by atoms with Gasteiger partial charge in [-0.25, -0.2) is 4.79 Å². The second-order valence-electron chi connectivity index (χ2n) is 8.48. The smallest absolute Gasteiger partial charge is 0.408 e. The summed E-state index contributed by atoms with van der Waals surface area (Å²) in [5.74, 6) is -0.232. The number of ether oxygens (including phenoxy) is 1. The first kappa shape index (κ1) is 26.2. The molecule has 0 fully saturated rings. The number of alkyl halides is 1. The average molecular weight is 404 g/mol. The normalized spacial score (nSPS) is 12.6. The second-order valence-corrected chi connectivity index (χ2v) is 8.74. The summed E-state index contributed by atoms with van der Waals surface area (Å²) in [5.41, 5.74) is -0.575. The fourth-order valence-electron chi connectivity index (χ4n) is 3.05. The van der Waals surface area contributed by atoms with Crippen molar-refractivity contribution in [1.29, 1.82) is 0 Å². The average Bonchev–Trinajstić information content (AvgIpc) is 2.59. The van der Waals surface area contributed by atoms with Crippen LogP contribution in [0.2, 0.25) is 0 Å². The Kier molecular flexibility index (Phi) is 15.7. The minimum atomic E-state index is -0.575. The summed E-state index contributed by atoms with van der Waals surface area (Å²) < 4.78 is 5.23. The number of hydrogen-bond donors (Lipinski definition) is 1. The Balaban J connectivity index is 3.80. The highest BCUT2D eigenvalue weighted by Gasteiger charge is 2.23. The molecule has 0 aliphatic carbocycles. The van der Waals surface area contributed by atoms with E-state index in [0.29, 0.717) is 6.42 Å². The lowest BCUT2D eigenvalue weighted by Crippen LogP contribution is -2.44. The third-order valence-corrected chi connectivity index (χ3v) is 4.82. The number of carbonyl (C=O) groups is 2. The third kappa shape index (κ3) is 17.1. The molecule has 0 saturated heterocycles. The van der Waals surface area contributed by atoms with Gasteiger partial charge in [0.2, 0.25) is 0 Å². The van der Waals surface area contributed by atoms with Crippen LogP contribution in [0.3, 0.4) is 0 Å². The van der Waals surface area contributed by atoms with Crippen LogP contribution in [0, 0.1) is 0 Å². The van der Waals surface area contributed by atoms with Gasteiger partial charge in [-0.05, 0) is 27.2 Å². The molecule has 0 unspecified atom stereocenters. The van der Waals surface area contributed by atoms with Gasteiger partial charge in [0, 0.05) is 0 Å². The molecule has 0 bridgehead atoms. The van der Waals surface area contributed by atoms with Crippen LogP contribution in [0.25, 0.3) is 0 Å². The first-order valence-electron chi connectivity index (χ1n) is 10.9. The Morgan fingerprint density at radius 3 is 1.70 bits per heavy atom. The number of amides is 1. The molecule has 0 aromatic rings. The number of Topliss-reactive ketones (excluding diaryl/α,β-unsaturated/α-hetero) is 1. The molecule has 0 rings (SSSR count). The van der Waals surface area contributed by atoms with Gasteiger partial charge in [-0.3, -0.25) is 4.79 Å². The van der Waals surface area contributed by atoms with E-state index in [1.165, 1.54) is 64.2 Å². The molecule has 0 aliphatic heterocycles. The zero-order valence-electron chi connectivity index (χ0n) is 18.1. The summed E-state index contributed by atoms with van der Waals surface area (Å²) in [6.45, 7) is 7.66. The van der Waals surface area contributed by atoms with E-state index in [9.17, 15) is 9.59 Å². The number of ketones is 1. The van der Waals surface area contributed by atoms with E-state index in [1.54, 1.807) is 20.8 Å². The van der Waals surface area contributed by atoms with Crippen LogP contribution in [0.5, 0.6) is 0 Å². The predicted molar refractivity (Wildman–Crippen MR) is 115 cm³/mol. The van der Waals surface area contributed by atoms with Gasteiger partial charge in [0.1, 0.15) is 5.60 Å². The lowest BCUT2D eigenvalue weighted by atomic mass is 10.0. The van der Waals surface area contributed by atoms with Gasteiger partial charge in [0.15, 0.2) is 5.78 Å². The molecule has 0 spiro atoms. The molecule has 4 nitrogen and oxygen atoms in total. The molecule has 0 aromatic carbocycles. The Morgan fingerprint density at radius 1 is 0.852 bits per heavy atom. The Labute approximate surface area is 172 Å². The lowest BCUT2D eigenvalue weighted by molar-refractivity contribution is -0.118. The van der Waals surface area contributed by atoms with Crippen molar-refractivity contribution < 1.29 is 14.3 Å². The molecule has 1 atom stereocenters. The van der Waals surface area contributed by atoms with Crippen LogP contribution in [-0.2, 0) is 9.53 Å². The molecule has 0 heterocycles. The van der Waals surface area contributed by atoms with Gasteiger partial charge in [-0.2, -0.15) is 0 Å². The fourth-order valence-corrected chi connectivity index (χ4v) is 3.23. The standard InChI is InChI=1S/C22H42ClNO3/c1-5-6-7-8-9-10-11-12-13-14-15-16-17-19(20(25)18-23)24-21(26)27-22(2,3)4/h19H,5-18H2,1-4H3,(H,24,26)/t19-/m0/s1. The highest BCUT2D eigenvalue weighted by atomic mass is 35.5. The van der Waals surface area contributed by atoms with Crippen molar-refractivity contribution in [3.8, 4) is 0 Å². The molecular formula is C22H42ClNO3. The van der Waals surface area contributed by atoms with E-state index in [0.717, 1.165) is 12.8 Å². The molecular weight excluding hydrogens is 362 g/mol. The van der Waals surface area contributed by atoms with Crippen molar-refractivity contribution >= 4 is 23.5 Å². The van der Waals surface area contributed by atoms with Crippen LogP contribution in [0.1, 0.15) is 111 Å². The highest BCUT2D eigenvalue weighted by Crippen LogP contribution is 2.14. The van der Waals surface area contributed by atoms with E-state index in [1.807, 2.05) is 0 Å². The topological polar surface area (TPSA) is 55.4 Å². The van der Waals surface area contributed by atoms with Crippen molar-refractivity contribution in [2.75, 3.05) is 5.88 Å². The summed E-state index contributed by atoms with van der Waals surface area (Å²) in [6, 6.07) is -0.541. The fraction of sp³-hybridized carbons (Fsp3) is 0.909. The Bertz CT molecular complexity index is 394. The third-order valence-electron chi connectivity index (χ3n) is 4.56. The van der Waals surface area contributed by atoms with Gasteiger partial charge in [-0.1, -0.05) is 84.0 Å². The van der Waals surface area contributed by atoms with E-state index in [2.05, 4.69) is 12.2 Å². The van der Waals surface area contributed by atoms with Gasteiger partial charge in [-0.15, -0.1) is 11.6 Å². The molecule has 1 N–H and O–H groups in total. The molecule has 0 radical (unpaired) electrons. The van der Waals surface area contributed by atoms with Gasteiger partial charge < -0.3 is 10.1 Å². The number of carbonyl (C=O) groups excluding carboxylic acids is 2. The van der Waals surface area contributed by atoms with Crippen molar-refractivity contribution in [3.63, 3.8) is 0 Å². The van der Waals surface area contributed by atoms with Crippen LogP contribution >= 0.6 is 11.6 Å². The second kappa shape index (κ2) is 16.2. The summed E-state index contributed by atoms with van der Waals surface area (Å²) in [4.78, 5) is 23.8. The number of nitrogens with one attached hydrogen (secondary N) is 1. The van der Waals surface area contributed by atoms with Crippen LogP contribution in [-0.4, -0.2) is 29.4 Å². The minimum absolute atomic E-state index is 0.0846. The summed E-state index contributed by atoms with van der Waals surface area (Å²) in [6.07, 6.45) is 15.3. The SMILES string of the molecule is CCCCCCCCCCCCCC[C@H](NC(=O)OC(C)(C)C)C(=O)CCl. The van der Waals surface area contributed by atoms with Crippen LogP contribution in [0.4, 0.5) is 4.79 Å². The number of halogens is 1. The van der Waals surface area contributed by atoms with Gasteiger partial charge in [0.05, 0.1) is 11.9 Å². The Hall–Kier alpha value is -0.770. The predicted octanol–water partition coefficient (Wildman–Crippen LogP) is 6.78. The molecule has 0 saturated carbocycles. The first-order chi connectivity index (χ1) is 12.8. The molecule has 0 aliphatic rings. The van der Waals surface area contributed by atoms with E-state index >= 15 is 0 Å². The van der Waals surface area contributed by atoms with Crippen molar-refractivity contribution in [2.45, 2.75) is 123 Å². The zero-order valence-corrected chi connectivity index (χ0v) is 18.8. The summed E-state index contributed by atoms with van der Waals surface area (Å²) in [5, 5.41) is 2.67. The molecule has 27 heavy (non-hydrogen) atoms. The first-order valence-corrected chi connectivity index (χ1v) is 11.4. The summed E-state index contributed by atoms with van der Waals surface area (Å²) >= 11 is 5.67. The van der Waals surface area contributed by atoms with Crippen molar-refractivity contribution in [3.05, 3.63) is 0 Å². The molecule has 160 valence electrons. The van der Waals surface area contributed by atoms with Crippen LogP contribution < -0.4 is 5.32 Å². The summed E-state index contributed by atoms with van der Waals surface area (Å²) in [7, 11) is 0.